The number of methoxy groups -OCH3 is 3. The van der Waals surface area contributed by atoms with Crippen LogP contribution in [-0.2, 0) is 22.6 Å². The van der Waals surface area contributed by atoms with E-state index in [-0.39, 0.29) is 37.1 Å². The number of carbonyl (C=O) groups excluding carboxylic acids is 2. The molecule has 12 nitrogen and oxygen atoms in total. The van der Waals surface area contributed by atoms with E-state index < -0.39 is 5.25 Å². The third-order valence-corrected chi connectivity index (χ3v) is 9.01. The first-order chi connectivity index (χ1) is 22.8. The van der Waals surface area contributed by atoms with E-state index >= 15 is 0 Å². The van der Waals surface area contributed by atoms with Crippen molar-refractivity contribution in [2.24, 2.45) is 0 Å². The summed E-state index contributed by atoms with van der Waals surface area (Å²) in [5.41, 5.74) is 1.70. The number of thioether (sulfide) groups is 1. The molecule has 0 spiro atoms. The number of hydrogen-bond donors (Lipinski definition) is 2. The van der Waals surface area contributed by atoms with E-state index in [1.165, 1.54) is 16.3 Å². The molecule has 3 aromatic carbocycles. The minimum Gasteiger partial charge on any atom is -0.495 e. The second-order valence-corrected chi connectivity index (χ2v) is 11.8. The number of benzene rings is 3. The van der Waals surface area contributed by atoms with Crippen LogP contribution in [0, 0.1) is 0 Å². The SMILES string of the molecule is CC[C@H](Sc1nc2cc3c(cc2c(=O)n1CCCC(=O)NCCc1ccc(OC)c(OC)c1)OCO3)C(=O)Nc1ccccc1OC. The van der Waals surface area contributed by atoms with Gasteiger partial charge >= 0.3 is 0 Å². The summed E-state index contributed by atoms with van der Waals surface area (Å²) in [7, 11) is 4.70. The number of carbonyl (C=O) groups is 2. The molecule has 0 radical (unpaired) electrons. The molecule has 1 aromatic heterocycles. The summed E-state index contributed by atoms with van der Waals surface area (Å²) in [6, 6.07) is 16.1. The lowest BCUT2D eigenvalue weighted by molar-refractivity contribution is -0.121. The van der Waals surface area contributed by atoms with Crippen molar-refractivity contribution >= 4 is 40.2 Å². The molecule has 47 heavy (non-hydrogen) atoms. The minimum absolute atomic E-state index is 0.0591. The Morgan fingerprint density at radius 3 is 2.47 bits per heavy atom. The highest BCUT2D eigenvalue weighted by Gasteiger charge is 2.24. The monoisotopic (exact) mass is 662 g/mol. The number of nitrogens with one attached hydrogen (secondary N) is 2. The smallest absolute Gasteiger partial charge is 0.262 e. The topological polar surface area (TPSA) is 139 Å². The maximum absolute atomic E-state index is 13.8. The molecule has 2 amide bonds. The molecule has 1 aliphatic rings. The second-order valence-electron chi connectivity index (χ2n) is 10.7. The number of ether oxygens (including phenoxy) is 5. The van der Waals surface area contributed by atoms with Gasteiger partial charge in [-0.3, -0.25) is 19.0 Å². The Morgan fingerprint density at radius 2 is 1.72 bits per heavy atom. The van der Waals surface area contributed by atoms with Gasteiger partial charge in [0.1, 0.15) is 5.75 Å². The van der Waals surface area contributed by atoms with Crippen molar-refractivity contribution in [3.63, 3.8) is 0 Å². The summed E-state index contributed by atoms with van der Waals surface area (Å²) in [6.07, 6.45) is 1.68. The van der Waals surface area contributed by atoms with Crippen molar-refractivity contribution in [3.8, 4) is 28.7 Å². The van der Waals surface area contributed by atoms with E-state index in [0.717, 1.165) is 5.56 Å². The van der Waals surface area contributed by atoms with Crippen LogP contribution >= 0.6 is 11.8 Å². The minimum atomic E-state index is -0.565. The molecular weight excluding hydrogens is 624 g/mol. The fourth-order valence-corrected chi connectivity index (χ4v) is 6.20. The lowest BCUT2D eigenvalue weighted by Crippen LogP contribution is -2.29. The standard InChI is InChI=1S/C34H38N4O8S/c1-5-30(32(40)36-23-9-6-7-10-25(23)42-2)47-34-37-24-19-29-28(45-20-46-29)18-22(24)33(41)38(34)16-8-11-31(39)35-15-14-21-12-13-26(43-3)27(17-21)44-4/h6-7,9-10,12-13,17-19,30H,5,8,11,14-16,20H2,1-4H3,(H,35,39)(H,36,40)/t30-/m0/s1. The second kappa shape index (κ2) is 15.6. The third-order valence-electron chi connectivity index (χ3n) is 7.66. The number of rotatable bonds is 15. The fourth-order valence-electron chi connectivity index (χ4n) is 5.16. The molecule has 5 rings (SSSR count). The van der Waals surface area contributed by atoms with E-state index in [1.807, 2.05) is 37.3 Å². The first kappa shape index (κ1) is 33.5. The van der Waals surface area contributed by atoms with Gasteiger partial charge in [0.15, 0.2) is 28.2 Å². The van der Waals surface area contributed by atoms with Crippen molar-refractivity contribution in [2.45, 2.75) is 49.6 Å². The molecule has 2 heterocycles. The first-order valence-electron chi connectivity index (χ1n) is 15.3. The molecule has 4 aromatic rings. The number of anilines is 1. The highest BCUT2D eigenvalue weighted by molar-refractivity contribution is 8.00. The lowest BCUT2D eigenvalue weighted by Gasteiger charge is -2.19. The van der Waals surface area contributed by atoms with Gasteiger partial charge in [-0.2, -0.15) is 0 Å². The van der Waals surface area contributed by atoms with Gasteiger partial charge in [-0.25, -0.2) is 4.98 Å². The van der Waals surface area contributed by atoms with E-state index in [4.69, 9.17) is 28.7 Å². The maximum atomic E-state index is 13.8. The Hall–Kier alpha value is -4.91. The summed E-state index contributed by atoms with van der Waals surface area (Å²) in [5.74, 6) is 2.41. The van der Waals surface area contributed by atoms with Gasteiger partial charge in [0, 0.05) is 25.6 Å². The summed E-state index contributed by atoms with van der Waals surface area (Å²) in [4.78, 5) is 44.8. The van der Waals surface area contributed by atoms with Gasteiger partial charge in [-0.15, -0.1) is 0 Å². The molecule has 13 heteroatoms. The number of nitrogens with zero attached hydrogens (tertiary/aromatic N) is 2. The summed E-state index contributed by atoms with van der Waals surface area (Å²) >= 11 is 1.20. The maximum Gasteiger partial charge on any atom is 0.262 e. The normalized spacial score (nSPS) is 12.4. The molecule has 0 unspecified atom stereocenters. The van der Waals surface area contributed by atoms with E-state index in [0.29, 0.717) is 76.3 Å². The predicted octanol–water partition coefficient (Wildman–Crippen LogP) is 4.80. The lowest BCUT2D eigenvalue weighted by atomic mass is 10.1. The van der Waals surface area contributed by atoms with Gasteiger partial charge < -0.3 is 34.3 Å². The van der Waals surface area contributed by atoms with Gasteiger partial charge in [0.2, 0.25) is 18.6 Å². The van der Waals surface area contributed by atoms with Crippen molar-refractivity contribution in [1.29, 1.82) is 0 Å². The quantitative estimate of drug-likeness (QED) is 0.135. The van der Waals surface area contributed by atoms with Crippen molar-refractivity contribution in [2.75, 3.05) is 40.0 Å². The zero-order chi connectivity index (χ0) is 33.3. The van der Waals surface area contributed by atoms with Crippen LogP contribution < -0.4 is 39.9 Å². The zero-order valence-electron chi connectivity index (χ0n) is 26.8. The van der Waals surface area contributed by atoms with Crippen molar-refractivity contribution in [1.82, 2.24) is 14.9 Å². The van der Waals surface area contributed by atoms with Crippen LogP contribution in [-0.4, -0.2) is 61.3 Å². The Kier molecular flexibility index (Phi) is 11.1. The van der Waals surface area contributed by atoms with Crippen LogP contribution in [0.25, 0.3) is 10.9 Å². The number of para-hydroxylation sites is 2. The summed E-state index contributed by atoms with van der Waals surface area (Å²) in [6.45, 7) is 2.63. The zero-order valence-corrected chi connectivity index (χ0v) is 27.6. The Morgan fingerprint density at radius 1 is 0.979 bits per heavy atom. The van der Waals surface area contributed by atoms with Crippen LogP contribution in [0.3, 0.4) is 0 Å². The molecule has 0 fully saturated rings. The van der Waals surface area contributed by atoms with Crippen LogP contribution in [0.4, 0.5) is 5.69 Å². The Labute approximate surface area is 276 Å². The molecule has 0 aliphatic carbocycles. The van der Waals surface area contributed by atoms with Crippen LogP contribution in [0.2, 0.25) is 0 Å². The van der Waals surface area contributed by atoms with Crippen LogP contribution in [0.1, 0.15) is 31.7 Å². The average molecular weight is 663 g/mol. The highest BCUT2D eigenvalue weighted by atomic mass is 32.2. The molecule has 0 bridgehead atoms. The van der Waals surface area contributed by atoms with Gasteiger partial charge in [0.25, 0.3) is 5.56 Å². The summed E-state index contributed by atoms with van der Waals surface area (Å²) < 4.78 is 28.6. The highest BCUT2D eigenvalue weighted by Crippen LogP contribution is 2.36. The number of fused-ring (bicyclic) bond motifs is 2. The molecule has 1 atom stereocenters. The largest absolute Gasteiger partial charge is 0.495 e. The molecule has 1 aliphatic heterocycles. The molecule has 248 valence electrons. The molecule has 2 N–H and O–H groups in total. The predicted molar refractivity (Wildman–Crippen MR) is 179 cm³/mol. The van der Waals surface area contributed by atoms with Crippen molar-refractivity contribution in [3.05, 3.63) is 70.5 Å². The molecule has 0 saturated heterocycles. The molecule has 0 saturated carbocycles. The Bertz CT molecular complexity index is 1810. The Balaban J connectivity index is 1.29. The van der Waals surface area contributed by atoms with E-state index in [2.05, 4.69) is 10.6 Å². The van der Waals surface area contributed by atoms with Gasteiger partial charge in [-0.1, -0.05) is 36.9 Å². The van der Waals surface area contributed by atoms with Gasteiger partial charge in [0.05, 0.1) is 43.2 Å². The van der Waals surface area contributed by atoms with Gasteiger partial charge in [-0.05, 0) is 55.2 Å². The molecular formula is C34H38N4O8S. The summed E-state index contributed by atoms with van der Waals surface area (Å²) in [5, 5.41) is 6.06. The third kappa shape index (κ3) is 7.91. The van der Waals surface area contributed by atoms with Crippen LogP contribution in [0.5, 0.6) is 28.7 Å². The average Bonchev–Trinajstić information content (AvgIpc) is 3.55. The number of aromatic nitrogens is 2. The number of amides is 2. The fraction of sp³-hybridized carbons (Fsp3) is 0.353. The first-order valence-corrected chi connectivity index (χ1v) is 16.1. The van der Waals surface area contributed by atoms with E-state index in [9.17, 15) is 14.4 Å². The van der Waals surface area contributed by atoms with E-state index in [1.54, 1.807) is 45.6 Å². The van der Waals surface area contributed by atoms with Crippen molar-refractivity contribution < 1.29 is 33.3 Å². The van der Waals surface area contributed by atoms with Crippen LogP contribution in [0.15, 0.2) is 64.5 Å². The number of hydrogen-bond acceptors (Lipinski definition) is 10.